The maximum absolute atomic E-state index is 13.0. The van der Waals surface area contributed by atoms with Gasteiger partial charge in [0.25, 0.3) is 0 Å². The molecule has 6 nitrogen and oxygen atoms in total. The van der Waals surface area contributed by atoms with Crippen molar-refractivity contribution in [3.63, 3.8) is 0 Å². The number of rotatable bonds is 3. The minimum atomic E-state index is -4.53. The van der Waals surface area contributed by atoms with Crippen LogP contribution in [0, 0.1) is 6.92 Å². The minimum absolute atomic E-state index is 0.0538. The maximum Gasteiger partial charge on any atom is 0.416 e. The van der Waals surface area contributed by atoms with Gasteiger partial charge in [-0.15, -0.1) is 0 Å². The molecule has 0 bridgehead atoms. The number of aromatic hydroxyl groups is 1. The first-order valence-corrected chi connectivity index (χ1v) is 9.73. The second-order valence-corrected chi connectivity index (χ2v) is 7.82. The molecule has 30 heavy (non-hydrogen) atoms. The number of hydrogen-bond acceptors (Lipinski definition) is 5. The van der Waals surface area contributed by atoms with E-state index in [0.29, 0.717) is 22.9 Å². The number of benzene rings is 1. The molecule has 0 aliphatic carbocycles. The summed E-state index contributed by atoms with van der Waals surface area (Å²) in [5, 5.41) is 10.3. The lowest BCUT2D eigenvalue weighted by atomic mass is 10.0. The number of ether oxygens (including phenoxy) is 1. The van der Waals surface area contributed by atoms with Crippen molar-refractivity contribution in [2.75, 3.05) is 20.1 Å². The van der Waals surface area contributed by atoms with E-state index in [4.69, 9.17) is 4.74 Å². The number of fused-ring (bicyclic) bond motifs is 1. The van der Waals surface area contributed by atoms with E-state index >= 15 is 0 Å². The van der Waals surface area contributed by atoms with Crippen molar-refractivity contribution in [3.8, 4) is 23.0 Å². The Morgan fingerprint density at radius 2 is 1.93 bits per heavy atom. The molecule has 1 saturated heterocycles. The number of imidazole rings is 1. The van der Waals surface area contributed by atoms with Crippen molar-refractivity contribution in [1.82, 2.24) is 19.4 Å². The van der Waals surface area contributed by atoms with Gasteiger partial charge in [0.15, 0.2) is 5.65 Å². The van der Waals surface area contributed by atoms with Crippen LogP contribution in [-0.4, -0.2) is 50.8 Å². The SMILES string of the molecule is Cc1cc(C(F)(F)F)cc(O)c1-c1nc2nc(OC3CCCN(C)C3)ccc2n1C. The average molecular weight is 420 g/mol. The van der Waals surface area contributed by atoms with Gasteiger partial charge in [0.05, 0.1) is 16.6 Å². The minimum Gasteiger partial charge on any atom is -0.507 e. The predicted octanol–water partition coefficient (Wildman–Crippen LogP) is 4.14. The first kappa shape index (κ1) is 20.5. The molecule has 3 heterocycles. The van der Waals surface area contributed by atoms with E-state index in [1.54, 1.807) is 17.7 Å². The van der Waals surface area contributed by atoms with Crippen LogP contribution >= 0.6 is 0 Å². The summed E-state index contributed by atoms with van der Waals surface area (Å²) in [6.07, 6.45) is -2.47. The molecule has 9 heteroatoms. The van der Waals surface area contributed by atoms with Gasteiger partial charge in [0.2, 0.25) is 5.88 Å². The van der Waals surface area contributed by atoms with Crippen molar-refractivity contribution >= 4 is 11.2 Å². The number of pyridine rings is 1. The molecule has 0 spiro atoms. The highest BCUT2D eigenvalue weighted by Crippen LogP contribution is 2.39. The highest BCUT2D eigenvalue weighted by atomic mass is 19.4. The van der Waals surface area contributed by atoms with Crippen molar-refractivity contribution in [2.24, 2.45) is 7.05 Å². The average Bonchev–Trinajstić information content (AvgIpc) is 2.96. The maximum atomic E-state index is 13.0. The van der Waals surface area contributed by atoms with E-state index in [0.717, 1.165) is 38.1 Å². The Balaban J connectivity index is 1.70. The fourth-order valence-corrected chi connectivity index (χ4v) is 3.96. The zero-order valence-electron chi connectivity index (χ0n) is 17.0. The quantitative estimate of drug-likeness (QED) is 0.690. The lowest BCUT2D eigenvalue weighted by molar-refractivity contribution is -0.137. The van der Waals surface area contributed by atoms with Crippen LogP contribution in [0.5, 0.6) is 11.6 Å². The summed E-state index contributed by atoms with van der Waals surface area (Å²) < 4.78 is 46.8. The third-order valence-electron chi connectivity index (χ3n) is 5.45. The van der Waals surface area contributed by atoms with Crippen molar-refractivity contribution < 1.29 is 23.0 Å². The van der Waals surface area contributed by atoms with Gasteiger partial charge in [-0.05, 0) is 57.1 Å². The summed E-state index contributed by atoms with van der Waals surface area (Å²) in [7, 11) is 3.79. The van der Waals surface area contributed by atoms with Gasteiger partial charge in [-0.2, -0.15) is 18.2 Å². The number of alkyl halides is 3. The first-order chi connectivity index (χ1) is 14.1. The van der Waals surface area contributed by atoms with Gasteiger partial charge in [0, 0.05) is 19.7 Å². The Morgan fingerprint density at radius 1 is 1.17 bits per heavy atom. The largest absolute Gasteiger partial charge is 0.507 e. The number of piperidine rings is 1. The molecule has 1 aromatic carbocycles. The molecule has 1 unspecified atom stereocenters. The summed E-state index contributed by atoms with van der Waals surface area (Å²) >= 11 is 0. The highest BCUT2D eigenvalue weighted by Gasteiger charge is 2.32. The Hall–Kier alpha value is -2.81. The van der Waals surface area contributed by atoms with Crippen LogP contribution in [0.2, 0.25) is 0 Å². The van der Waals surface area contributed by atoms with Crippen molar-refractivity contribution in [2.45, 2.75) is 32.0 Å². The Labute approximate surface area is 171 Å². The van der Waals surface area contributed by atoms with E-state index in [-0.39, 0.29) is 17.2 Å². The van der Waals surface area contributed by atoms with Crippen molar-refractivity contribution in [3.05, 3.63) is 35.4 Å². The molecule has 1 N–H and O–H groups in total. The van der Waals surface area contributed by atoms with Crippen LogP contribution < -0.4 is 4.74 Å². The number of aryl methyl sites for hydroxylation is 2. The monoisotopic (exact) mass is 420 g/mol. The van der Waals surface area contributed by atoms with E-state index < -0.39 is 17.5 Å². The van der Waals surface area contributed by atoms with Crippen molar-refractivity contribution in [1.29, 1.82) is 0 Å². The zero-order chi connectivity index (χ0) is 21.6. The molecule has 0 saturated carbocycles. The number of phenols is 1. The number of likely N-dealkylation sites (N-methyl/N-ethyl adjacent to an activating group) is 1. The molecule has 1 atom stereocenters. The summed E-state index contributed by atoms with van der Waals surface area (Å²) in [6, 6.07) is 5.32. The Morgan fingerprint density at radius 3 is 2.60 bits per heavy atom. The second-order valence-electron chi connectivity index (χ2n) is 7.82. The lowest BCUT2D eigenvalue weighted by Crippen LogP contribution is -2.38. The highest BCUT2D eigenvalue weighted by molar-refractivity contribution is 5.80. The third kappa shape index (κ3) is 3.81. The van der Waals surface area contributed by atoms with Crippen LogP contribution in [0.1, 0.15) is 24.0 Å². The Kier molecular flexibility index (Phi) is 5.09. The van der Waals surface area contributed by atoms with Crippen LogP contribution in [0.15, 0.2) is 24.3 Å². The second kappa shape index (κ2) is 7.46. The van der Waals surface area contributed by atoms with E-state index in [2.05, 4.69) is 21.9 Å². The van der Waals surface area contributed by atoms with Gasteiger partial charge >= 0.3 is 6.18 Å². The summed E-state index contributed by atoms with van der Waals surface area (Å²) in [5.41, 5.74) is 0.735. The molecule has 1 fully saturated rings. The number of phenolic OH excluding ortho intramolecular Hbond substituents is 1. The zero-order valence-corrected chi connectivity index (χ0v) is 17.0. The molecule has 3 aromatic rings. The predicted molar refractivity (Wildman–Crippen MR) is 106 cm³/mol. The molecule has 160 valence electrons. The van der Waals surface area contributed by atoms with Crippen LogP contribution in [0.25, 0.3) is 22.6 Å². The number of aromatic nitrogens is 3. The normalized spacial score (nSPS) is 18.1. The van der Waals surface area contributed by atoms with Crippen LogP contribution in [-0.2, 0) is 13.2 Å². The lowest BCUT2D eigenvalue weighted by Gasteiger charge is -2.29. The van der Waals surface area contributed by atoms with E-state index in [1.807, 2.05) is 6.07 Å². The van der Waals surface area contributed by atoms with Gasteiger partial charge in [-0.25, -0.2) is 4.98 Å². The fraction of sp³-hybridized carbons (Fsp3) is 0.429. The molecule has 0 radical (unpaired) electrons. The third-order valence-corrected chi connectivity index (χ3v) is 5.45. The smallest absolute Gasteiger partial charge is 0.416 e. The number of hydrogen-bond donors (Lipinski definition) is 1. The number of nitrogens with zero attached hydrogens (tertiary/aromatic N) is 4. The van der Waals surface area contributed by atoms with Gasteiger partial charge < -0.3 is 19.3 Å². The molecular formula is C21H23F3N4O2. The summed E-state index contributed by atoms with van der Waals surface area (Å²) in [4.78, 5) is 11.2. The van der Waals surface area contributed by atoms with Gasteiger partial charge in [-0.3, -0.25) is 0 Å². The molecule has 4 rings (SSSR count). The first-order valence-electron chi connectivity index (χ1n) is 9.73. The van der Waals surface area contributed by atoms with Gasteiger partial charge in [-0.1, -0.05) is 0 Å². The van der Waals surface area contributed by atoms with Gasteiger partial charge in [0.1, 0.15) is 17.7 Å². The molecule has 0 amide bonds. The van der Waals surface area contributed by atoms with E-state index in [1.165, 1.54) is 6.92 Å². The molecular weight excluding hydrogens is 397 g/mol. The molecule has 2 aromatic heterocycles. The Bertz CT molecular complexity index is 1070. The fourth-order valence-electron chi connectivity index (χ4n) is 3.96. The van der Waals surface area contributed by atoms with Crippen LogP contribution in [0.4, 0.5) is 13.2 Å². The molecule has 1 aliphatic rings. The summed E-state index contributed by atoms with van der Waals surface area (Å²) in [5.74, 6) is 0.332. The van der Waals surface area contributed by atoms with E-state index in [9.17, 15) is 18.3 Å². The van der Waals surface area contributed by atoms with Crippen LogP contribution in [0.3, 0.4) is 0 Å². The topological polar surface area (TPSA) is 63.4 Å². The number of halogens is 3. The standard InChI is InChI=1S/C21H23F3N4O2/c1-12-9-13(21(22,23)24)10-16(29)18(12)20-26-19-15(28(20)3)6-7-17(25-19)30-14-5-4-8-27(2)11-14/h6-7,9-10,14,29H,4-5,8,11H2,1-3H3. The summed E-state index contributed by atoms with van der Waals surface area (Å²) in [6.45, 7) is 3.39. The molecule has 1 aliphatic heterocycles. The number of likely N-dealkylation sites (tertiary alicyclic amines) is 1.